The molecule has 1 unspecified atom stereocenters. The van der Waals surface area contributed by atoms with Crippen LogP contribution < -0.4 is 15.4 Å². The molecule has 2 heterocycles. The molecular weight excluding hydrogens is 509 g/mol. The molecule has 0 aliphatic carbocycles. The summed E-state index contributed by atoms with van der Waals surface area (Å²) in [6.45, 7) is 0.298. The zero-order chi connectivity index (χ0) is 27.4. The number of hydrogen-bond donors (Lipinski definition) is 2. The Morgan fingerprint density at radius 2 is 1.84 bits per heavy atom. The number of ether oxygens (including phenoxy) is 1. The third-order valence-corrected chi connectivity index (χ3v) is 6.03. The molecule has 2 aliphatic rings. The van der Waals surface area contributed by atoms with Gasteiger partial charge in [0.2, 0.25) is 11.8 Å². The highest BCUT2D eigenvalue weighted by Gasteiger charge is 2.39. The maximum Gasteiger partial charge on any atom is 0.573 e. The van der Waals surface area contributed by atoms with Gasteiger partial charge in [0.15, 0.2) is 0 Å². The molecule has 0 aromatic heterocycles. The zero-order valence-electron chi connectivity index (χ0n) is 20.1. The van der Waals surface area contributed by atoms with Crippen molar-refractivity contribution in [2.24, 2.45) is 5.16 Å². The van der Waals surface area contributed by atoms with Crippen molar-refractivity contribution in [1.29, 1.82) is 0 Å². The summed E-state index contributed by atoms with van der Waals surface area (Å²) >= 11 is 0. The number of halogens is 3. The average Bonchev–Trinajstić information content (AvgIpc) is 3.18. The van der Waals surface area contributed by atoms with E-state index in [1.807, 2.05) is 0 Å². The van der Waals surface area contributed by atoms with E-state index in [-0.39, 0.29) is 55.6 Å². The minimum Gasteiger partial charge on any atom is -0.406 e. The number of nitrogens with zero attached hydrogens (tertiary/aromatic N) is 2. The van der Waals surface area contributed by atoms with Crippen LogP contribution in [0.1, 0.15) is 39.9 Å². The number of imide groups is 1. The highest BCUT2D eigenvalue weighted by atomic mass is 19.4. The van der Waals surface area contributed by atoms with E-state index in [0.29, 0.717) is 22.3 Å². The molecule has 0 bridgehead atoms. The molecule has 0 saturated carbocycles. The van der Waals surface area contributed by atoms with E-state index in [0.717, 1.165) is 12.1 Å². The summed E-state index contributed by atoms with van der Waals surface area (Å²) in [4.78, 5) is 55.4. The van der Waals surface area contributed by atoms with Crippen LogP contribution in [0.4, 0.5) is 13.2 Å². The number of alkyl halides is 3. The van der Waals surface area contributed by atoms with Gasteiger partial charge in [-0.25, -0.2) is 0 Å². The van der Waals surface area contributed by atoms with Crippen LogP contribution in [0, 0.1) is 0 Å². The van der Waals surface area contributed by atoms with E-state index in [1.54, 1.807) is 18.2 Å². The number of fused-ring (bicyclic) bond motifs is 1. The summed E-state index contributed by atoms with van der Waals surface area (Å²) in [6, 6.07) is 9.36. The molecule has 38 heavy (non-hydrogen) atoms. The Bertz CT molecular complexity index is 1290. The van der Waals surface area contributed by atoms with Gasteiger partial charge in [-0.2, -0.15) is 0 Å². The first-order valence-corrected chi connectivity index (χ1v) is 11.5. The molecule has 0 spiro atoms. The molecule has 0 radical (unpaired) electrons. The van der Waals surface area contributed by atoms with Crippen LogP contribution in [0.25, 0.3) is 0 Å². The van der Waals surface area contributed by atoms with Crippen LogP contribution in [0.3, 0.4) is 0 Å². The number of nitrogens with one attached hydrogen (secondary N) is 2. The molecule has 2 aliphatic heterocycles. The molecule has 2 aromatic carbocycles. The van der Waals surface area contributed by atoms with Gasteiger partial charge in [0.05, 0.1) is 0 Å². The Morgan fingerprint density at radius 3 is 2.50 bits per heavy atom. The van der Waals surface area contributed by atoms with Gasteiger partial charge in [-0.3, -0.25) is 24.5 Å². The number of oxime groups is 1. The van der Waals surface area contributed by atoms with Crippen molar-refractivity contribution in [3.63, 3.8) is 0 Å². The summed E-state index contributed by atoms with van der Waals surface area (Å²) in [7, 11) is 1.26. The lowest BCUT2D eigenvalue weighted by Crippen LogP contribution is -2.52. The largest absolute Gasteiger partial charge is 0.573 e. The molecule has 1 fully saturated rings. The van der Waals surface area contributed by atoms with E-state index in [9.17, 15) is 32.3 Å². The van der Waals surface area contributed by atoms with Gasteiger partial charge >= 0.3 is 6.36 Å². The van der Waals surface area contributed by atoms with Crippen LogP contribution in [0.2, 0.25) is 0 Å². The first-order valence-electron chi connectivity index (χ1n) is 11.5. The molecule has 1 saturated heterocycles. The third-order valence-electron chi connectivity index (χ3n) is 6.03. The second-order valence-corrected chi connectivity index (χ2v) is 8.66. The van der Waals surface area contributed by atoms with E-state index < -0.39 is 24.2 Å². The average molecular weight is 532 g/mol. The zero-order valence-corrected chi connectivity index (χ0v) is 20.1. The Morgan fingerprint density at radius 1 is 1.13 bits per heavy atom. The van der Waals surface area contributed by atoms with Crippen LogP contribution in [-0.2, 0) is 38.7 Å². The van der Waals surface area contributed by atoms with Gasteiger partial charge < -0.3 is 19.8 Å². The van der Waals surface area contributed by atoms with Crippen LogP contribution in [0.15, 0.2) is 47.6 Å². The Kier molecular flexibility index (Phi) is 7.65. The van der Waals surface area contributed by atoms with Crippen molar-refractivity contribution < 1.29 is 41.9 Å². The standard InChI is InChI=1S/C25H23F3N4O6/c1-37-31-19(11-14-2-5-17(6-3-14)38-25(26,27)28)22(34)29-12-15-4-7-18-16(10-15)13-32(24(18)36)20-8-9-21(33)30-23(20)35/h2-7,10,20H,8-9,11-13H2,1H3,(H,29,34)(H,30,33,35)/b31-19+. The molecule has 2 N–H and O–H groups in total. The van der Waals surface area contributed by atoms with Crippen LogP contribution in [0.5, 0.6) is 5.75 Å². The predicted octanol–water partition coefficient (Wildman–Crippen LogP) is 2.21. The highest BCUT2D eigenvalue weighted by molar-refractivity contribution is 6.39. The molecule has 200 valence electrons. The number of piperidine rings is 1. The first-order chi connectivity index (χ1) is 18.0. The number of benzene rings is 2. The summed E-state index contributed by atoms with van der Waals surface area (Å²) < 4.78 is 40.9. The SMILES string of the molecule is CO/N=C(\Cc1ccc(OC(F)(F)F)cc1)C(=O)NCc1ccc2c(c1)CN(C1CCC(=O)NC1=O)C2=O. The van der Waals surface area contributed by atoms with Crippen molar-refractivity contribution in [3.8, 4) is 5.75 Å². The maximum absolute atomic E-state index is 12.8. The van der Waals surface area contributed by atoms with Crippen molar-refractivity contribution in [3.05, 3.63) is 64.7 Å². The third kappa shape index (κ3) is 6.28. The van der Waals surface area contributed by atoms with Crippen molar-refractivity contribution in [2.45, 2.75) is 44.8 Å². The minimum absolute atomic E-state index is 0.00244. The second kappa shape index (κ2) is 10.9. The Balaban J connectivity index is 1.37. The fourth-order valence-corrected chi connectivity index (χ4v) is 4.29. The quantitative estimate of drug-likeness (QED) is 0.305. The van der Waals surface area contributed by atoms with E-state index in [1.165, 1.54) is 24.1 Å². The lowest BCUT2D eigenvalue weighted by molar-refractivity contribution is -0.274. The predicted molar refractivity (Wildman–Crippen MR) is 126 cm³/mol. The van der Waals surface area contributed by atoms with Crippen LogP contribution >= 0.6 is 0 Å². The second-order valence-electron chi connectivity index (χ2n) is 8.66. The fraction of sp³-hybridized carbons (Fsp3) is 0.320. The van der Waals surface area contributed by atoms with Crippen LogP contribution in [-0.4, -0.2) is 53.8 Å². The van der Waals surface area contributed by atoms with Crippen molar-refractivity contribution in [1.82, 2.24) is 15.5 Å². The van der Waals surface area contributed by atoms with Gasteiger partial charge in [0.25, 0.3) is 11.8 Å². The molecule has 4 amide bonds. The maximum atomic E-state index is 12.8. The number of amides is 4. The van der Waals surface area contributed by atoms with Gasteiger partial charge in [-0.05, 0) is 41.3 Å². The Labute approximate surface area is 214 Å². The molecule has 2 aromatic rings. The van der Waals surface area contributed by atoms with E-state index >= 15 is 0 Å². The van der Waals surface area contributed by atoms with Gasteiger partial charge in [0.1, 0.15) is 24.6 Å². The van der Waals surface area contributed by atoms with Crippen molar-refractivity contribution >= 4 is 29.3 Å². The molecule has 1 atom stereocenters. The van der Waals surface area contributed by atoms with E-state index in [2.05, 4.69) is 20.5 Å². The summed E-state index contributed by atoms with van der Waals surface area (Å²) in [6.07, 6.45) is -4.40. The molecule has 13 heteroatoms. The van der Waals surface area contributed by atoms with Gasteiger partial charge in [-0.15, -0.1) is 13.2 Å². The lowest BCUT2D eigenvalue weighted by Gasteiger charge is -2.29. The van der Waals surface area contributed by atoms with Crippen molar-refractivity contribution in [2.75, 3.05) is 7.11 Å². The molecule has 4 rings (SSSR count). The lowest BCUT2D eigenvalue weighted by atomic mass is 10.0. The number of carbonyl (C=O) groups is 4. The smallest absolute Gasteiger partial charge is 0.406 e. The number of hydrogen-bond acceptors (Lipinski definition) is 7. The summed E-state index contributed by atoms with van der Waals surface area (Å²) in [5.74, 6) is -2.10. The number of carbonyl (C=O) groups excluding carboxylic acids is 4. The van der Waals surface area contributed by atoms with Gasteiger partial charge in [0, 0.05) is 31.5 Å². The summed E-state index contributed by atoms with van der Waals surface area (Å²) in [5.41, 5.74) is 2.34. The minimum atomic E-state index is -4.81. The molecular formula is C25H23F3N4O6. The molecule has 10 nitrogen and oxygen atoms in total. The topological polar surface area (TPSA) is 126 Å². The van der Waals surface area contributed by atoms with Gasteiger partial charge in [-0.1, -0.05) is 29.4 Å². The fourth-order valence-electron chi connectivity index (χ4n) is 4.29. The highest BCUT2D eigenvalue weighted by Crippen LogP contribution is 2.28. The number of rotatable bonds is 8. The monoisotopic (exact) mass is 532 g/mol. The Hall–Kier alpha value is -4.42. The van der Waals surface area contributed by atoms with E-state index in [4.69, 9.17) is 4.84 Å². The normalized spacial score (nSPS) is 17.7. The summed E-state index contributed by atoms with van der Waals surface area (Å²) in [5, 5.41) is 8.70. The first kappa shape index (κ1) is 26.6.